The van der Waals surface area contributed by atoms with Gasteiger partial charge in [-0.3, -0.25) is 4.79 Å². The van der Waals surface area contributed by atoms with Crippen LogP contribution in [-0.2, 0) is 4.79 Å². The van der Waals surface area contributed by atoms with Gasteiger partial charge in [0.25, 0.3) is 6.43 Å². The van der Waals surface area contributed by atoms with E-state index in [1.807, 2.05) is 13.8 Å². The summed E-state index contributed by atoms with van der Waals surface area (Å²) in [5, 5.41) is 2.63. The number of rotatable bonds is 7. The molecule has 0 fully saturated rings. The lowest BCUT2D eigenvalue weighted by molar-refractivity contribution is -0.124. The minimum Gasteiger partial charge on any atom is -0.356 e. The van der Waals surface area contributed by atoms with Crippen LogP contribution < -0.4 is 11.1 Å². The fraction of sp³-hybridized carbons (Fsp3) is 0.909. The van der Waals surface area contributed by atoms with E-state index in [4.69, 9.17) is 5.73 Å². The average molecular weight is 236 g/mol. The van der Waals surface area contributed by atoms with Crippen molar-refractivity contribution >= 4 is 5.91 Å². The smallest absolute Gasteiger partial charge is 0.256 e. The van der Waals surface area contributed by atoms with Gasteiger partial charge in [0.2, 0.25) is 5.91 Å². The molecule has 0 rings (SSSR count). The zero-order chi connectivity index (χ0) is 12.8. The van der Waals surface area contributed by atoms with E-state index in [0.717, 1.165) is 12.8 Å². The molecule has 0 aromatic rings. The Morgan fingerprint density at radius 3 is 2.50 bits per heavy atom. The first kappa shape index (κ1) is 15.3. The van der Waals surface area contributed by atoms with Crippen molar-refractivity contribution in [3.05, 3.63) is 0 Å². The molecule has 0 heterocycles. The Bertz CT molecular complexity index is 220. The zero-order valence-electron chi connectivity index (χ0n) is 10.2. The lowest BCUT2D eigenvalue weighted by Crippen LogP contribution is -2.46. The third-order valence-electron chi connectivity index (χ3n) is 2.63. The van der Waals surface area contributed by atoms with Crippen LogP contribution in [0.25, 0.3) is 0 Å². The highest BCUT2D eigenvalue weighted by molar-refractivity contribution is 5.78. The molecule has 0 saturated heterocycles. The van der Waals surface area contributed by atoms with Crippen LogP contribution in [0.4, 0.5) is 8.78 Å². The third kappa shape index (κ3) is 5.39. The molecule has 16 heavy (non-hydrogen) atoms. The Kier molecular flexibility index (Phi) is 6.48. The van der Waals surface area contributed by atoms with E-state index in [1.54, 1.807) is 0 Å². The Morgan fingerprint density at radius 2 is 2.06 bits per heavy atom. The molecular formula is C11H22F2N2O. The molecule has 0 saturated carbocycles. The summed E-state index contributed by atoms with van der Waals surface area (Å²) in [6, 6.07) is 0. The summed E-state index contributed by atoms with van der Waals surface area (Å²) in [4.78, 5) is 11.4. The monoisotopic (exact) mass is 236 g/mol. The van der Waals surface area contributed by atoms with Gasteiger partial charge in [0, 0.05) is 12.5 Å². The number of carbonyl (C=O) groups is 1. The molecule has 2 atom stereocenters. The molecule has 1 amide bonds. The van der Waals surface area contributed by atoms with Crippen LogP contribution in [-0.4, -0.2) is 24.4 Å². The fourth-order valence-corrected chi connectivity index (χ4v) is 1.30. The van der Waals surface area contributed by atoms with Gasteiger partial charge < -0.3 is 11.1 Å². The molecule has 0 aliphatic heterocycles. The first-order valence-corrected chi connectivity index (χ1v) is 5.66. The second-order valence-electron chi connectivity index (χ2n) is 4.54. The van der Waals surface area contributed by atoms with E-state index >= 15 is 0 Å². The van der Waals surface area contributed by atoms with Crippen molar-refractivity contribution in [1.29, 1.82) is 0 Å². The maximum atomic E-state index is 12.4. The van der Waals surface area contributed by atoms with Crippen LogP contribution >= 0.6 is 0 Å². The van der Waals surface area contributed by atoms with Gasteiger partial charge in [-0.15, -0.1) is 0 Å². The molecule has 3 nitrogen and oxygen atoms in total. The zero-order valence-corrected chi connectivity index (χ0v) is 10.2. The minimum atomic E-state index is -2.57. The molecule has 5 heteroatoms. The third-order valence-corrected chi connectivity index (χ3v) is 2.63. The number of amides is 1. The van der Waals surface area contributed by atoms with Gasteiger partial charge in [0.1, 0.15) is 0 Å². The number of nitrogens with one attached hydrogen (secondary N) is 1. The fourth-order valence-electron chi connectivity index (χ4n) is 1.30. The van der Waals surface area contributed by atoms with E-state index in [1.165, 1.54) is 6.92 Å². The number of carbonyl (C=O) groups excluding carboxylic acids is 1. The number of hydrogen-bond donors (Lipinski definition) is 2. The standard InChI is InChI=1S/C11H22F2N2O/c1-4-5-8(2)9(16)15-7-6-11(3,14)10(12)13/h8,10H,4-7,14H2,1-3H3,(H,15,16). The van der Waals surface area contributed by atoms with Crippen molar-refractivity contribution < 1.29 is 13.6 Å². The van der Waals surface area contributed by atoms with Crippen LogP contribution in [0.2, 0.25) is 0 Å². The van der Waals surface area contributed by atoms with Crippen LogP contribution in [0.5, 0.6) is 0 Å². The van der Waals surface area contributed by atoms with Crippen molar-refractivity contribution in [3.8, 4) is 0 Å². The molecule has 0 bridgehead atoms. The first-order valence-electron chi connectivity index (χ1n) is 5.66. The summed E-state index contributed by atoms with van der Waals surface area (Å²) in [6.07, 6.45) is -0.756. The number of hydrogen-bond acceptors (Lipinski definition) is 2. The summed E-state index contributed by atoms with van der Waals surface area (Å²) in [7, 11) is 0. The van der Waals surface area contributed by atoms with Gasteiger partial charge >= 0.3 is 0 Å². The lowest BCUT2D eigenvalue weighted by Gasteiger charge is -2.23. The molecule has 0 aliphatic carbocycles. The van der Waals surface area contributed by atoms with Gasteiger partial charge in [-0.05, 0) is 19.8 Å². The van der Waals surface area contributed by atoms with E-state index in [0.29, 0.717) is 0 Å². The summed E-state index contributed by atoms with van der Waals surface area (Å²) in [5.41, 5.74) is 3.85. The van der Waals surface area contributed by atoms with Gasteiger partial charge in [0.15, 0.2) is 0 Å². The molecule has 3 N–H and O–H groups in total. The predicted octanol–water partition coefficient (Wildman–Crippen LogP) is 1.91. The van der Waals surface area contributed by atoms with Crippen molar-refractivity contribution in [2.75, 3.05) is 6.54 Å². The van der Waals surface area contributed by atoms with E-state index < -0.39 is 12.0 Å². The van der Waals surface area contributed by atoms with Crippen molar-refractivity contribution in [3.63, 3.8) is 0 Å². The van der Waals surface area contributed by atoms with Gasteiger partial charge in [-0.25, -0.2) is 8.78 Å². The molecule has 0 aromatic heterocycles. The van der Waals surface area contributed by atoms with Crippen molar-refractivity contribution in [1.82, 2.24) is 5.32 Å². The Labute approximate surface area is 95.8 Å². The Balaban J connectivity index is 3.86. The normalized spacial score (nSPS) is 16.9. The lowest BCUT2D eigenvalue weighted by atomic mass is 10.00. The van der Waals surface area contributed by atoms with Crippen LogP contribution in [0, 0.1) is 5.92 Å². The van der Waals surface area contributed by atoms with E-state index in [9.17, 15) is 13.6 Å². The second-order valence-corrected chi connectivity index (χ2v) is 4.54. The number of nitrogens with two attached hydrogens (primary N) is 1. The maximum Gasteiger partial charge on any atom is 0.256 e. The van der Waals surface area contributed by atoms with E-state index in [2.05, 4.69) is 5.32 Å². The summed E-state index contributed by atoms with van der Waals surface area (Å²) in [5.74, 6) is -0.160. The summed E-state index contributed by atoms with van der Waals surface area (Å²) in [6.45, 7) is 5.31. The quantitative estimate of drug-likeness (QED) is 0.709. The SMILES string of the molecule is CCCC(C)C(=O)NCCC(C)(N)C(F)F. The Morgan fingerprint density at radius 1 is 1.50 bits per heavy atom. The van der Waals surface area contributed by atoms with Gasteiger partial charge in [-0.2, -0.15) is 0 Å². The van der Waals surface area contributed by atoms with Crippen LogP contribution in [0.3, 0.4) is 0 Å². The highest BCUT2D eigenvalue weighted by Gasteiger charge is 2.29. The second kappa shape index (κ2) is 6.78. The number of alkyl halides is 2. The highest BCUT2D eigenvalue weighted by atomic mass is 19.3. The molecule has 0 aromatic carbocycles. The van der Waals surface area contributed by atoms with Crippen molar-refractivity contribution in [2.24, 2.45) is 11.7 Å². The molecule has 0 aliphatic rings. The average Bonchev–Trinajstić information content (AvgIpc) is 2.17. The highest BCUT2D eigenvalue weighted by Crippen LogP contribution is 2.15. The molecule has 96 valence electrons. The van der Waals surface area contributed by atoms with E-state index in [-0.39, 0.29) is 24.8 Å². The molecule has 0 radical (unpaired) electrons. The topological polar surface area (TPSA) is 55.1 Å². The van der Waals surface area contributed by atoms with Gasteiger partial charge in [0.05, 0.1) is 5.54 Å². The first-order chi connectivity index (χ1) is 7.31. The minimum absolute atomic E-state index is 0.0689. The summed E-state index contributed by atoms with van der Waals surface area (Å²) < 4.78 is 24.8. The molecular weight excluding hydrogens is 214 g/mol. The van der Waals surface area contributed by atoms with Crippen LogP contribution in [0.1, 0.15) is 40.0 Å². The summed E-state index contributed by atoms with van der Waals surface area (Å²) >= 11 is 0. The molecule has 2 unspecified atom stereocenters. The predicted molar refractivity (Wildman–Crippen MR) is 60.3 cm³/mol. The Hall–Kier alpha value is -0.710. The van der Waals surface area contributed by atoms with Crippen LogP contribution in [0.15, 0.2) is 0 Å². The number of halogens is 2. The largest absolute Gasteiger partial charge is 0.356 e. The van der Waals surface area contributed by atoms with Gasteiger partial charge in [-0.1, -0.05) is 20.3 Å². The van der Waals surface area contributed by atoms with Crippen molar-refractivity contribution in [2.45, 2.75) is 52.0 Å². The molecule has 0 spiro atoms. The maximum absolute atomic E-state index is 12.4.